The smallest absolute Gasteiger partial charge is 0.119 e. The van der Waals surface area contributed by atoms with Gasteiger partial charge in [0, 0.05) is 28.9 Å². The SMILES string of the molecule is Clc1ccc(-c2ccc(-c3cccc(OCCCN4CCCC4)c3)nc2)cc1. The average molecular weight is 393 g/mol. The summed E-state index contributed by atoms with van der Waals surface area (Å²) in [5.41, 5.74) is 4.20. The number of rotatable bonds is 7. The summed E-state index contributed by atoms with van der Waals surface area (Å²) in [6.45, 7) is 4.37. The van der Waals surface area contributed by atoms with Crippen molar-refractivity contribution in [3.63, 3.8) is 0 Å². The van der Waals surface area contributed by atoms with Gasteiger partial charge in [-0.05, 0) is 68.2 Å². The molecule has 4 rings (SSSR count). The fourth-order valence-corrected chi connectivity index (χ4v) is 3.73. The molecule has 0 unspecified atom stereocenters. The van der Waals surface area contributed by atoms with Crippen molar-refractivity contribution in [1.29, 1.82) is 0 Å². The summed E-state index contributed by atoms with van der Waals surface area (Å²) in [5, 5.41) is 0.741. The Kier molecular flexibility index (Phi) is 6.25. The van der Waals surface area contributed by atoms with Crippen LogP contribution in [-0.2, 0) is 0 Å². The number of nitrogens with zero attached hydrogens (tertiary/aromatic N) is 2. The summed E-state index contributed by atoms with van der Waals surface area (Å²) >= 11 is 5.97. The maximum Gasteiger partial charge on any atom is 0.119 e. The molecule has 28 heavy (non-hydrogen) atoms. The fraction of sp³-hybridized carbons (Fsp3) is 0.292. The highest BCUT2D eigenvalue weighted by molar-refractivity contribution is 6.30. The van der Waals surface area contributed by atoms with E-state index >= 15 is 0 Å². The third kappa shape index (κ3) is 4.92. The average Bonchev–Trinajstić information content (AvgIpc) is 3.26. The zero-order valence-electron chi connectivity index (χ0n) is 16.0. The van der Waals surface area contributed by atoms with Gasteiger partial charge in [0.15, 0.2) is 0 Å². The van der Waals surface area contributed by atoms with Crippen LogP contribution in [0, 0.1) is 0 Å². The predicted molar refractivity (Wildman–Crippen MR) is 116 cm³/mol. The fourth-order valence-electron chi connectivity index (χ4n) is 3.61. The predicted octanol–water partition coefficient (Wildman–Crippen LogP) is 5.93. The molecule has 1 fully saturated rings. The van der Waals surface area contributed by atoms with E-state index in [1.54, 1.807) is 0 Å². The quantitative estimate of drug-likeness (QED) is 0.465. The monoisotopic (exact) mass is 392 g/mol. The second-order valence-corrected chi connectivity index (χ2v) is 7.65. The Labute approximate surface area is 171 Å². The number of hydrogen-bond acceptors (Lipinski definition) is 3. The van der Waals surface area contributed by atoms with Gasteiger partial charge in [0.05, 0.1) is 12.3 Å². The molecule has 0 aliphatic carbocycles. The van der Waals surface area contributed by atoms with Gasteiger partial charge in [0.25, 0.3) is 0 Å². The van der Waals surface area contributed by atoms with Crippen molar-refractivity contribution in [2.45, 2.75) is 19.3 Å². The lowest BCUT2D eigenvalue weighted by Gasteiger charge is -2.14. The molecule has 1 saturated heterocycles. The number of likely N-dealkylation sites (tertiary alicyclic amines) is 1. The summed E-state index contributed by atoms with van der Waals surface area (Å²) < 4.78 is 5.97. The number of pyridine rings is 1. The van der Waals surface area contributed by atoms with Crippen molar-refractivity contribution in [3.05, 3.63) is 71.9 Å². The van der Waals surface area contributed by atoms with Crippen LogP contribution in [0.4, 0.5) is 0 Å². The second-order valence-electron chi connectivity index (χ2n) is 7.22. The largest absolute Gasteiger partial charge is 0.494 e. The lowest BCUT2D eigenvalue weighted by Crippen LogP contribution is -2.21. The van der Waals surface area contributed by atoms with Crippen molar-refractivity contribution >= 4 is 11.6 Å². The van der Waals surface area contributed by atoms with Crippen molar-refractivity contribution in [1.82, 2.24) is 9.88 Å². The molecule has 4 heteroatoms. The molecule has 0 spiro atoms. The first-order valence-electron chi connectivity index (χ1n) is 9.95. The molecular formula is C24H25ClN2O. The molecule has 1 aliphatic heterocycles. The van der Waals surface area contributed by atoms with Gasteiger partial charge in [-0.15, -0.1) is 0 Å². The Morgan fingerprint density at radius 1 is 0.893 bits per heavy atom. The van der Waals surface area contributed by atoms with Crippen LogP contribution in [0.1, 0.15) is 19.3 Å². The molecule has 0 N–H and O–H groups in total. The summed E-state index contributed by atoms with van der Waals surface area (Å²) in [5.74, 6) is 0.905. The molecule has 2 aromatic carbocycles. The molecule has 0 saturated carbocycles. The molecule has 2 heterocycles. The molecule has 144 valence electrons. The lowest BCUT2D eigenvalue weighted by molar-refractivity contribution is 0.263. The van der Waals surface area contributed by atoms with Gasteiger partial charge in [0.2, 0.25) is 0 Å². The van der Waals surface area contributed by atoms with Crippen molar-refractivity contribution in [3.8, 4) is 28.1 Å². The second kappa shape index (κ2) is 9.22. The van der Waals surface area contributed by atoms with Gasteiger partial charge < -0.3 is 9.64 Å². The molecule has 1 aliphatic rings. The van der Waals surface area contributed by atoms with Crippen molar-refractivity contribution in [2.24, 2.45) is 0 Å². The Balaban J connectivity index is 1.37. The van der Waals surface area contributed by atoms with E-state index in [4.69, 9.17) is 16.3 Å². The standard InChI is InChI=1S/C24H25ClN2O/c25-22-10-7-19(8-11-22)21-9-12-24(26-18-21)20-5-3-6-23(17-20)28-16-4-15-27-13-1-2-14-27/h3,5-12,17-18H,1-2,4,13-16H2. The first kappa shape index (κ1) is 19.0. The summed E-state index contributed by atoms with van der Waals surface area (Å²) in [7, 11) is 0. The zero-order chi connectivity index (χ0) is 19.2. The highest BCUT2D eigenvalue weighted by Crippen LogP contribution is 2.26. The van der Waals surface area contributed by atoms with Crippen LogP contribution in [0.5, 0.6) is 5.75 Å². The van der Waals surface area contributed by atoms with E-state index in [1.807, 2.05) is 42.6 Å². The van der Waals surface area contributed by atoms with Gasteiger partial charge in [0.1, 0.15) is 5.75 Å². The Morgan fingerprint density at radius 2 is 1.68 bits per heavy atom. The van der Waals surface area contributed by atoms with E-state index in [-0.39, 0.29) is 0 Å². The Morgan fingerprint density at radius 3 is 2.43 bits per heavy atom. The maximum atomic E-state index is 5.97. The first-order chi connectivity index (χ1) is 13.8. The van der Waals surface area contributed by atoms with Crippen LogP contribution >= 0.6 is 11.6 Å². The summed E-state index contributed by atoms with van der Waals surface area (Å²) in [6, 6.07) is 20.1. The Bertz CT molecular complexity index is 887. The van der Waals surface area contributed by atoms with E-state index in [9.17, 15) is 0 Å². The topological polar surface area (TPSA) is 25.4 Å². The minimum atomic E-state index is 0.741. The van der Waals surface area contributed by atoms with Crippen molar-refractivity contribution < 1.29 is 4.74 Å². The zero-order valence-corrected chi connectivity index (χ0v) is 16.7. The normalized spacial score (nSPS) is 14.3. The number of hydrogen-bond donors (Lipinski definition) is 0. The van der Waals surface area contributed by atoms with Gasteiger partial charge in [-0.25, -0.2) is 0 Å². The van der Waals surface area contributed by atoms with Crippen LogP contribution in [0.3, 0.4) is 0 Å². The van der Waals surface area contributed by atoms with E-state index in [1.165, 1.54) is 25.9 Å². The summed E-state index contributed by atoms with van der Waals surface area (Å²) in [4.78, 5) is 7.16. The molecule has 0 amide bonds. The Hall–Kier alpha value is -2.36. The van der Waals surface area contributed by atoms with Crippen LogP contribution in [0.15, 0.2) is 66.9 Å². The first-order valence-corrected chi connectivity index (χ1v) is 10.3. The van der Waals surface area contributed by atoms with Crippen LogP contribution in [0.2, 0.25) is 5.02 Å². The van der Waals surface area contributed by atoms with Crippen LogP contribution in [-0.4, -0.2) is 36.1 Å². The minimum absolute atomic E-state index is 0.741. The van der Waals surface area contributed by atoms with Gasteiger partial charge >= 0.3 is 0 Å². The lowest BCUT2D eigenvalue weighted by atomic mass is 10.1. The highest BCUT2D eigenvalue weighted by Gasteiger charge is 2.10. The van der Waals surface area contributed by atoms with Crippen LogP contribution in [0.25, 0.3) is 22.4 Å². The minimum Gasteiger partial charge on any atom is -0.494 e. The number of aromatic nitrogens is 1. The summed E-state index contributed by atoms with van der Waals surface area (Å²) in [6.07, 6.45) is 5.65. The van der Waals surface area contributed by atoms with E-state index < -0.39 is 0 Å². The van der Waals surface area contributed by atoms with E-state index in [0.29, 0.717) is 0 Å². The highest BCUT2D eigenvalue weighted by atomic mass is 35.5. The van der Waals surface area contributed by atoms with Crippen molar-refractivity contribution in [2.75, 3.05) is 26.2 Å². The number of halogens is 1. The van der Waals surface area contributed by atoms with Gasteiger partial charge in [-0.1, -0.05) is 41.9 Å². The third-order valence-corrected chi connectivity index (χ3v) is 5.41. The molecule has 0 atom stereocenters. The molecule has 0 bridgehead atoms. The van der Waals surface area contributed by atoms with Gasteiger partial charge in [-0.3, -0.25) is 4.98 Å². The van der Waals surface area contributed by atoms with Crippen LogP contribution < -0.4 is 4.74 Å². The number of benzene rings is 2. The molecule has 3 aromatic rings. The molecule has 0 radical (unpaired) electrons. The van der Waals surface area contributed by atoms with E-state index in [0.717, 1.165) is 52.7 Å². The van der Waals surface area contributed by atoms with E-state index in [2.05, 4.69) is 34.1 Å². The molecule has 3 nitrogen and oxygen atoms in total. The number of ether oxygens (including phenoxy) is 1. The molecular weight excluding hydrogens is 368 g/mol. The van der Waals surface area contributed by atoms with Gasteiger partial charge in [-0.2, -0.15) is 0 Å². The third-order valence-electron chi connectivity index (χ3n) is 5.16. The maximum absolute atomic E-state index is 5.97. The molecule has 1 aromatic heterocycles.